The fourth-order valence-corrected chi connectivity index (χ4v) is 1.97. The molecule has 5 N–H and O–H groups in total. The number of aryl methyl sites for hydroxylation is 1. The topological polar surface area (TPSA) is 64.1 Å². The lowest BCUT2D eigenvalue weighted by molar-refractivity contribution is 0.625. The lowest BCUT2D eigenvalue weighted by Gasteiger charge is -2.10. The molecule has 0 aliphatic rings. The largest absolute Gasteiger partial charge is 0.397 e. The van der Waals surface area contributed by atoms with Crippen molar-refractivity contribution in [2.24, 2.45) is 0 Å². The van der Waals surface area contributed by atoms with Crippen molar-refractivity contribution in [2.75, 3.05) is 23.3 Å². The van der Waals surface area contributed by atoms with Gasteiger partial charge >= 0.3 is 0 Å². The Morgan fingerprint density at radius 1 is 1.05 bits per heavy atom. The van der Waals surface area contributed by atoms with Gasteiger partial charge in [-0.05, 0) is 54.8 Å². The lowest BCUT2D eigenvalue weighted by atomic mass is 10.1. The summed E-state index contributed by atoms with van der Waals surface area (Å²) in [5.74, 6) is -0.194. The quantitative estimate of drug-likeness (QED) is 0.740. The Hall–Kier alpha value is -2.23. The van der Waals surface area contributed by atoms with Crippen LogP contribution in [0.3, 0.4) is 0 Å². The number of nitrogens with two attached hydrogens (primary N) is 2. The zero-order valence-corrected chi connectivity index (χ0v) is 10.9. The number of nitrogens with one attached hydrogen (secondary N) is 1. The van der Waals surface area contributed by atoms with Gasteiger partial charge in [-0.25, -0.2) is 4.39 Å². The molecule has 0 heterocycles. The number of nitrogen functional groups attached to an aromatic ring is 2. The average molecular weight is 259 g/mol. The van der Waals surface area contributed by atoms with Crippen molar-refractivity contribution >= 4 is 17.1 Å². The minimum absolute atomic E-state index is 0.194. The molecule has 0 spiro atoms. The number of hydrogen-bond acceptors (Lipinski definition) is 3. The highest BCUT2D eigenvalue weighted by Gasteiger charge is 2.01. The maximum atomic E-state index is 13.0. The number of halogens is 1. The Morgan fingerprint density at radius 2 is 1.84 bits per heavy atom. The van der Waals surface area contributed by atoms with Gasteiger partial charge < -0.3 is 16.8 Å². The van der Waals surface area contributed by atoms with Crippen LogP contribution in [0.2, 0.25) is 0 Å². The molecule has 0 saturated heterocycles. The smallest absolute Gasteiger partial charge is 0.123 e. The minimum atomic E-state index is -0.194. The molecule has 2 aromatic rings. The van der Waals surface area contributed by atoms with Crippen LogP contribution in [0.1, 0.15) is 11.1 Å². The first kappa shape index (κ1) is 13.2. The Balaban J connectivity index is 1.94. The van der Waals surface area contributed by atoms with Gasteiger partial charge in [-0.3, -0.25) is 0 Å². The molecule has 0 radical (unpaired) electrons. The molecule has 2 rings (SSSR count). The molecular formula is C15H18FN3. The summed E-state index contributed by atoms with van der Waals surface area (Å²) in [5, 5.41) is 3.27. The van der Waals surface area contributed by atoms with Gasteiger partial charge in [0.25, 0.3) is 0 Å². The second-order valence-electron chi connectivity index (χ2n) is 4.59. The molecule has 0 aliphatic carbocycles. The van der Waals surface area contributed by atoms with Gasteiger partial charge in [0.15, 0.2) is 0 Å². The van der Waals surface area contributed by atoms with Crippen LogP contribution in [0.4, 0.5) is 21.5 Å². The van der Waals surface area contributed by atoms with Gasteiger partial charge in [0.05, 0.1) is 11.4 Å². The van der Waals surface area contributed by atoms with E-state index in [0.29, 0.717) is 11.4 Å². The number of hydrogen-bond donors (Lipinski definition) is 3. The maximum absolute atomic E-state index is 13.0. The van der Waals surface area contributed by atoms with Crippen LogP contribution in [0.25, 0.3) is 0 Å². The van der Waals surface area contributed by atoms with Gasteiger partial charge in [-0.1, -0.05) is 6.07 Å². The van der Waals surface area contributed by atoms with Crippen LogP contribution in [0.5, 0.6) is 0 Å². The predicted molar refractivity (Wildman–Crippen MR) is 78.6 cm³/mol. The van der Waals surface area contributed by atoms with E-state index in [1.165, 1.54) is 6.07 Å². The van der Waals surface area contributed by atoms with Crippen LogP contribution in [0.15, 0.2) is 36.4 Å². The van der Waals surface area contributed by atoms with Crippen LogP contribution in [0, 0.1) is 12.7 Å². The average Bonchev–Trinajstić information content (AvgIpc) is 2.36. The van der Waals surface area contributed by atoms with Crippen molar-refractivity contribution in [3.63, 3.8) is 0 Å². The number of anilines is 3. The number of rotatable bonds is 4. The molecule has 0 aromatic heterocycles. The van der Waals surface area contributed by atoms with Gasteiger partial charge in [0, 0.05) is 12.2 Å². The summed E-state index contributed by atoms with van der Waals surface area (Å²) >= 11 is 0. The highest BCUT2D eigenvalue weighted by atomic mass is 19.1. The van der Waals surface area contributed by atoms with Gasteiger partial charge in [0.2, 0.25) is 0 Å². The molecule has 0 aliphatic heterocycles. The molecule has 100 valence electrons. The Bertz CT molecular complexity index is 582. The first-order valence-corrected chi connectivity index (χ1v) is 6.20. The molecule has 0 unspecified atom stereocenters. The molecule has 0 saturated carbocycles. The molecule has 19 heavy (non-hydrogen) atoms. The molecule has 3 nitrogen and oxygen atoms in total. The predicted octanol–water partition coefficient (Wildman–Crippen LogP) is 2.95. The van der Waals surface area contributed by atoms with Crippen LogP contribution in [-0.4, -0.2) is 6.54 Å². The van der Waals surface area contributed by atoms with E-state index < -0.39 is 0 Å². The van der Waals surface area contributed by atoms with E-state index in [1.54, 1.807) is 12.1 Å². The summed E-state index contributed by atoms with van der Waals surface area (Å²) in [7, 11) is 0. The van der Waals surface area contributed by atoms with Crippen LogP contribution < -0.4 is 16.8 Å². The fraction of sp³-hybridized carbons (Fsp3) is 0.200. The van der Waals surface area contributed by atoms with Crippen molar-refractivity contribution < 1.29 is 4.39 Å². The van der Waals surface area contributed by atoms with Gasteiger partial charge in [0.1, 0.15) is 5.82 Å². The molecule has 4 heteroatoms. The second kappa shape index (κ2) is 5.61. The Morgan fingerprint density at radius 3 is 2.53 bits per heavy atom. The van der Waals surface area contributed by atoms with E-state index in [0.717, 1.165) is 29.8 Å². The van der Waals surface area contributed by atoms with Crippen LogP contribution >= 0.6 is 0 Å². The van der Waals surface area contributed by atoms with Crippen molar-refractivity contribution in [3.05, 3.63) is 53.3 Å². The zero-order valence-electron chi connectivity index (χ0n) is 10.9. The monoisotopic (exact) mass is 259 g/mol. The summed E-state index contributed by atoms with van der Waals surface area (Å²) in [6.45, 7) is 2.68. The maximum Gasteiger partial charge on any atom is 0.123 e. The third kappa shape index (κ3) is 3.37. The van der Waals surface area contributed by atoms with Crippen LogP contribution in [-0.2, 0) is 6.42 Å². The van der Waals surface area contributed by atoms with Crippen molar-refractivity contribution in [3.8, 4) is 0 Å². The van der Waals surface area contributed by atoms with Gasteiger partial charge in [-0.2, -0.15) is 0 Å². The zero-order chi connectivity index (χ0) is 13.8. The summed E-state index contributed by atoms with van der Waals surface area (Å²) in [6.07, 6.45) is 0.830. The van der Waals surface area contributed by atoms with E-state index in [9.17, 15) is 4.39 Å². The fourth-order valence-electron chi connectivity index (χ4n) is 1.97. The van der Waals surface area contributed by atoms with E-state index in [-0.39, 0.29) is 5.82 Å². The molecular weight excluding hydrogens is 241 g/mol. The summed E-state index contributed by atoms with van der Waals surface area (Å²) < 4.78 is 13.0. The highest BCUT2D eigenvalue weighted by Crippen LogP contribution is 2.19. The normalized spacial score (nSPS) is 10.4. The van der Waals surface area contributed by atoms with Crippen molar-refractivity contribution in [2.45, 2.75) is 13.3 Å². The molecule has 0 fully saturated rings. The minimum Gasteiger partial charge on any atom is -0.397 e. The molecule has 0 amide bonds. The first-order valence-electron chi connectivity index (χ1n) is 6.20. The summed E-state index contributed by atoms with van der Waals surface area (Å²) in [6, 6.07) is 10.3. The van der Waals surface area contributed by atoms with E-state index in [4.69, 9.17) is 11.5 Å². The summed E-state index contributed by atoms with van der Waals surface area (Å²) in [4.78, 5) is 0. The van der Waals surface area contributed by atoms with Gasteiger partial charge in [-0.15, -0.1) is 0 Å². The summed E-state index contributed by atoms with van der Waals surface area (Å²) in [5.41, 5.74) is 15.6. The van der Waals surface area contributed by atoms with Crippen molar-refractivity contribution in [1.82, 2.24) is 0 Å². The number of benzene rings is 2. The lowest BCUT2D eigenvalue weighted by Crippen LogP contribution is -2.06. The SMILES string of the molecule is Cc1cc(F)ccc1CCNc1ccc(N)c(N)c1. The Kier molecular flexibility index (Phi) is 3.90. The molecule has 2 aromatic carbocycles. The first-order chi connectivity index (χ1) is 9.06. The van der Waals surface area contributed by atoms with E-state index >= 15 is 0 Å². The molecule has 0 atom stereocenters. The molecule has 0 bridgehead atoms. The van der Waals surface area contributed by atoms with E-state index in [2.05, 4.69) is 5.32 Å². The van der Waals surface area contributed by atoms with Crippen molar-refractivity contribution in [1.29, 1.82) is 0 Å². The third-order valence-electron chi connectivity index (χ3n) is 3.11. The second-order valence-corrected chi connectivity index (χ2v) is 4.59. The highest BCUT2D eigenvalue weighted by molar-refractivity contribution is 5.69. The standard InChI is InChI=1S/C15H18FN3/c1-10-8-12(16)3-2-11(10)6-7-19-13-4-5-14(17)15(18)9-13/h2-5,8-9,19H,6-7,17-18H2,1H3. The third-order valence-corrected chi connectivity index (χ3v) is 3.11. The Labute approximate surface area is 112 Å². The van der Waals surface area contributed by atoms with E-state index in [1.807, 2.05) is 25.1 Å².